The molecule has 2 fully saturated rings. The molecular weight excluding hydrogens is 743 g/mol. The second kappa shape index (κ2) is 16.9. The number of methoxy groups -OCH3 is 2. The third kappa shape index (κ3) is 7.86. The van der Waals surface area contributed by atoms with Crippen LogP contribution in [0, 0.1) is 0 Å². The van der Waals surface area contributed by atoms with Gasteiger partial charge in [-0.3, -0.25) is 14.0 Å². The third-order valence-electron chi connectivity index (χ3n) is 10.3. The van der Waals surface area contributed by atoms with Gasteiger partial charge >= 0.3 is 5.69 Å². The maximum absolute atomic E-state index is 13.9. The molecule has 3 heterocycles. The summed E-state index contributed by atoms with van der Waals surface area (Å²) in [7, 11) is 2.04. The average molecular weight is 793 g/mol. The van der Waals surface area contributed by atoms with Crippen LogP contribution in [0.4, 0.5) is 5.82 Å². The molecule has 2 bridgehead atoms. The topological polar surface area (TPSA) is 123 Å². The number of fused-ring (bicyclic) bond motifs is 2. The molecule has 2 aliphatic rings. The first-order chi connectivity index (χ1) is 27.5. The summed E-state index contributed by atoms with van der Waals surface area (Å²) >= 11 is 0. The number of ether oxygens (including phenoxy) is 5. The fourth-order valence-electron chi connectivity index (χ4n) is 7.88. The van der Waals surface area contributed by atoms with Gasteiger partial charge in [0.15, 0.2) is 12.3 Å². The molecule has 0 radical (unpaired) electrons. The maximum atomic E-state index is 13.9. The zero-order valence-corrected chi connectivity index (χ0v) is 34.1. The molecule has 1 unspecified atom stereocenters. The predicted octanol–water partition coefficient (Wildman–Crippen LogP) is 7.59. The summed E-state index contributed by atoms with van der Waals surface area (Å²) in [6, 6.07) is 36.1. The van der Waals surface area contributed by atoms with Gasteiger partial charge in [-0.2, -0.15) is 4.98 Å². The number of rotatable bonds is 15. The Kier molecular flexibility index (Phi) is 11.9. The Morgan fingerprint density at radius 1 is 0.842 bits per heavy atom. The first kappa shape index (κ1) is 40.3. The van der Waals surface area contributed by atoms with E-state index in [1.165, 1.54) is 4.57 Å². The minimum absolute atomic E-state index is 0.0135. The molecule has 298 valence electrons. The van der Waals surface area contributed by atoms with Crippen LogP contribution in [-0.2, 0) is 24.3 Å². The van der Waals surface area contributed by atoms with Gasteiger partial charge in [0.05, 0.1) is 14.2 Å². The Morgan fingerprint density at radius 2 is 1.39 bits per heavy atom. The van der Waals surface area contributed by atoms with E-state index in [4.69, 9.17) is 28.2 Å². The zero-order valence-electron chi connectivity index (χ0n) is 33.2. The van der Waals surface area contributed by atoms with Gasteiger partial charge in [0, 0.05) is 23.8 Å². The molecule has 0 spiro atoms. The number of aromatic nitrogens is 2. The Bertz CT molecular complexity index is 2130. The largest absolute Gasteiger partial charge is 0.497 e. The number of carbonyl (C=O) groups is 1. The summed E-state index contributed by atoms with van der Waals surface area (Å²) in [5, 5.41) is 2.72. The first-order valence-corrected chi connectivity index (χ1v) is 20.6. The number of amides is 1. The van der Waals surface area contributed by atoms with Crippen LogP contribution in [0.2, 0.25) is 0 Å². The highest BCUT2D eigenvalue weighted by Crippen LogP contribution is 2.57. The molecule has 12 nitrogen and oxygen atoms in total. The maximum Gasteiger partial charge on any atom is 0.351 e. The van der Waals surface area contributed by atoms with Gasteiger partial charge in [-0.15, -0.1) is 0 Å². The Hall–Kier alpha value is -4.94. The van der Waals surface area contributed by atoms with E-state index >= 15 is 0 Å². The van der Waals surface area contributed by atoms with Gasteiger partial charge < -0.3 is 33.5 Å². The van der Waals surface area contributed by atoms with E-state index in [1.807, 2.05) is 84.9 Å². The van der Waals surface area contributed by atoms with E-state index in [9.17, 15) is 9.59 Å². The second-order valence-electron chi connectivity index (χ2n) is 14.6. The van der Waals surface area contributed by atoms with Gasteiger partial charge in [-0.1, -0.05) is 72.8 Å². The molecule has 4 aromatic carbocycles. The van der Waals surface area contributed by atoms with E-state index < -0.39 is 43.8 Å². The highest BCUT2D eigenvalue weighted by molar-refractivity contribution is 7.49. The zero-order chi connectivity index (χ0) is 40.3. The van der Waals surface area contributed by atoms with E-state index in [0.29, 0.717) is 17.1 Å². The van der Waals surface area contributed by atoms with Crippen LogP contribution in [0.3, 0.4) is 0 Å². The van der Waals surface area contributed by atoms with Gasteiger partial charge in [0.25, 0.3) is 5.91 Å². The van der Waals surface area contributed by atoms with Gasteiger partial charge in [-0.05, 0) is 93.5 Å². The fourth-order valence-corrected chi connectivity index (χ4v) is 9.90. The van der Waals surface area contributed by atoms with Crippen molar-refractivity contribution >= 4 is 20.0 Å². The molecule has 2 aliphatic heterocycles. The van der Waals surface area contributed by atoms with Crippen LogP contribution in [0.25, 0.3) is 0 Å². The van der Waals surface area contributed by atoms with Crippen molar-refractivity contribution in [1.82, 2.24) is 14.2 Å². The molecule has 5 aromatic rings. The second-order valence-corrected chi connectivity index (χ2v) is 16.2. The quantitative estimate of drug-likeness (QED) is 0.0839. The molecule has 2 saturated heterocycles. The van der Waals surface area contributed by atoms with Crippen molar-refractivity contribution in [2.45, 2.75) is 69.6 Å². The predicted molar refractivity (Wildman–Crippen MR) is 219 cm³/mol. The summed E-state index contributed by atoms with van der Waals surface area (Å²) in [6.45, 7) is 10.7. The van der Waals surface area contributed by atoms with E-state index in [0.717, 1.165) is 16.7 Å². The molecule has 13 heteroatoms. The van der Waals surface area contributed by atoms with Crippen molar-refractivity contribution in [2.24, 2.45) is 0 Å². The molecule has 0 aliphatic carbocycles. The monoisotopic (exact) mass is 792 g/mol. The lowest BCUT2D eigenvalue weighted by atomic mass is 9.79. The number of nitrogens with one attached hydrogen (secondary N) is 1. The molecule has 57 heavy (non-hydrogen) atoms. The SMILES string of the molecule is COc1ccc(C(O[C@@]23CO[C@@H]([C@H](n4ccc(NC(=O)c5ccccc5)nc4=O)O2)[C@@H]3OP(C)N(C(C)C)C(C)C)(c2ccccc2)c2ccc(OC)cc2)cc1. The lowest BCUT2D eigenvalue weighted by molar-refractivity contribution is -0.317. The molecule has 7 rings (SSSR count). The normalized spacial score (nSPS) is 20.9. The van der Waals surface area contributed by atoms with Crippen LogP contribution in [0.15, 0.2) is 126 Å². The molecule has 5 atom stereocenters. The fraction of sp³-hybridized carbons (Fsp3) is 0.341. The summed E-state index contributed by atoms with van der Waals surface area (Å²) in [4.78, 5) is 31.0. The number of anilines is 1. The highest BCUT2D eigenvalue weighted by Gasteiger charge is 2.67. The van der Waals surface area contributed by atoms with Gasteiger partial charge in [0.1, 0.15) is 43.9 Å². The smallest absolute Gasteiger partial charge is 0.351 e. The number of carbonyl (C=O) groups excluding carboxylic acids is 1. The Labute approximate surface area is 334 Å². The molecule has 1 aromatic heterocycles. The number of benzene rings is 4. The van der Waals surface area contributed by atoms with Crippen molar-refractivity contribution < 1.29 is 33.0 Å². The lowest BCUT2D eigenvalue weighted by Crippen LogP contribution is -2.52. The lowest BCUT2D eigenvalue weighted by Gasteiger charge is -2.44. The molecule has 1 N–H and O–H groups in total. The molecular formula is C44H49N4O8P. The van der Waals surface area contributed by atoms with Crippen molar-refractivity contribution in [3.63, 3.8) is 0 Å². The van der Waals surface area contributed by atoms with Crippen molar-refractivity contribution in [1.29, 1.82) is 0 Å². The van der Waals surface area contributed by atoms with E-state index in [-0.39, 0.29) is 30.4 Å². The standard InChI is InChI=1S/C44H49N4O8P/c1-29(2)48(30(3)4)57(7)55-39-38-41(47-27-26-37(46-42(47)50)45-40(49)31-14-10-8-11-15-31)54-43(39,28-53-38)56-44(32-16-12-9-13-17-32,33-18-22-35(51-5)23-19-33)34-20-24-36(52-6)25-21-34/h8-27,29-30,38-39,41H,28H2,1-7H3,(H,45,46,49,50)/t38-,39+,41-,43-,57?/m1/s1. The van der Waals surface area contributed by atoms with Gasteiger partial charge in [-0.25, -0.2) is 4.79 Å². The number of nitrogens with zero attached hydrogens (tertiary/aromatic N) is 3. The first-order valence-electron chi connectivity index (χ1n) is 19.0. The van der Waals surface area contributed by atoms with Crippen LogP contribution in [0.5, 0.6) is 11.5 Å². The van der Waals surface area contributed by atoms with Crippen LogP contribution in [-0.4, -0.2) is 77.7 Å². The summed E-state index contributed by atoms with van der Waals surface area (Å²) in [5.41, 5.74) is 0.924. The summed E-state index contributed by atoms with van der Waals surface area (Å²) in [6.07, 6.45) is -0.989. The third-order valence-corrected chi connectivity index (χ3v) is 12.4. The van der Waals surface area contributed by atoms with Crippen molar-refractivity contribution in [2.75, 3.05) is 32.8 Å². The van der Waals surface area contributed by atoms with Crippen molar-refractivity contribution in [3.05, 3.63) is 154 Å². The Balaban J connectivity index is 1.35. The van der Waals surface area contributed by atoms with Gasteiger partial charge in [0.2, 0.25) is 5.79 Å². The van der Waals surface area contributed by atoms with E-state index in [1.54, 1.807) is 50.7 Å². The van der Waals surface area contributed by atoms with Crippen LogP contribution >= 0.6 is 8.30 Å². The minimum atomic E-state index is -1.54. The molecule has 0 saturated carbocycles. The summed E-state index contributed by atoms with van der Waals surface area (Å²) < 4.78 is 43.2. The average Bonchev–Trinajstić information content (AvgIpc) is 3.70. The van der Waals surface area contributed by atoms with Crippen molar-refractivity contribution in [3.8, 4) is 11.5 Å². The van der Waals surface area contributed by atoms with Crippen LogP contribution < -0.4 is 20.5 Å². The van der Waals surface area contributed by atoms with E-state index in [2.05, 4.69) is 49.3 Å². The number of hydrogen-bond donors (Lipinski definition) is 1. The Morgan fingerprint density at radius 3 is 1.91 bits per heavy atom. The molecule has 1 amide bonds. The van der Waals surface area contributed by atoms with Crippen LogP contribution in [0.1, 0.15) is 61.0 Å². The highest BCUT2D eigenvalue weighted by atomic mass is 31.2. The minimum Gasteiger partial charge on any atom is -0.497 e. The summed E-state index contributed by atoms with van der Waals surface area (Å²) in [5.74, 6) is -0.445. The number of hydrogen-bond acceptors (Lipinski definition) is 10.